The van der Waals surface area contributed by atoms with Gasteiger partial charge in [-0.15, -0.1) is 0 Å². The minimum absolute atomic E-state index is 0.0344. The summed E-state index contributed by atoms with van der Waals surface area (Å²) in [5, 5.41) is 3.87. The molecule has 2 saturated heterocycles. The van der Waals surface area contributed by atoms with E-state index in [9.17, 15) is 9.59 Å². The van der Waals surface area contributed by atoms with Gasteiger partial charge in [0.2, 0.25) is 5.91 Å². The third-order valence-corrected chi connectivity index (χ3v) is 7.57. The number of ether oxygens (including phenoxy) is 1. The monoisotopic (exact) mass is 496 g/mol. The largest absolute Gasteiger partial charge is 0.490 e. The molecule has 5 rings (SSSR count). The summed E-state index contributed by atoms with van der Waals surface area (Å²) in [4.78, 5) is 32.2. The third-order valence-electron chi connectivity index (χ3n) is 7.33. The van der Waals surface area contributed by atoms with Gasteiger partial charge in [0, 0.05) is 49.7 Å². The van der Waals surface area contributed by atoms with Gasteiger partial charge in [0.1, 0.15) is 12.4 Å². The number of fused-ring (bicyclic) bond motifs is 1. The first kappa shape index (κ1) is 23.9. The van der Waals surface area contributed by atoms with E-state index in [1.54, 1.807) is 23.1 Å². The first-order valence-electron chi connectivity index (χ1n) is 12.6. The van der Waals surface area contributed by atoms with Crippen LogP contribution in [0.2, 0.25) is 5.02 Å². The molecule has 0 saturated carbocycles. The predicted molar refractivity (Wildman–Crippen MR) is 137 cm³/mol. The van der Waals surface area contributed by atoms with Gasteiger partial charge < -0.3 is 15.0 Å². The molecule has 186 valence electrons. The Bertz CT molecular complexity index is 1030. The second-order valence-corrected chi connectivity index (χ2v) is 10.1. The fraction of sp³-hybridized carbons (Fsp3) is 0.481. The van der Waals surface area contributed by atoms with Gasteiger partial charge in [0.05, 0.1) is 12.2 Å². The van der Waals surface area contributed by atoms with Gasteiger partial charge in [-0.05, 0) is 49.4 Å². The van der Waals surface area contributed by atoms with Crippen molar-refractivity contribution in [2.45, 2.75) is 38.3 Å². The van der Waals surface area contributed by atoms with E-state index >= 15 is 0 Å². The smallest absolute Gasteiger partial charge is 0.324 e. The second kappa shape index (κ2) is 10.9. The molecule has 0 aliphatic carbocycles. The number of benzene rings is 2. The summed E-state index contributed by atoms with van der Waals surface area (Å²) < 4.78 is 5.68. The molecule has 0 atom stereocenters. The van der Waals surface area contributed by atoms with Crippen LogP contribution in [-0.2, 0) is 11.3 Å². The number of amides is 3. The van der Waals surface area contributed by atoms with E-state index in [1.807, 2.05) is 11.0 Å². The number of nitrogens with zero attached hydrogens (tertiary/aromatic N) is 3. The number of halogens is 1. The van der Waals surface area contributed by atoms with E-state index in [0.717, 1.165) is 32.5 Å². The highest BCUT2D eigenvalue weighted by Gasteiger charge is 2.33. The molecule has 0 spiro atoms. The van der Waals surface area contributed by atoms with E-state index in [0.29, 0.717) is 55.5 Å². The molecule has 3 aliphatic heterocycles. The van der Waals surface area contributed by atoms with Crippen molar-refractivity contribution < 1.29 is 14.3 Å². The minimum Gasteiger partial charge on any atom is -0.490 e. The summed E-state index contributed by atoms with van der Waals surface area (Å²) in [5.74, 6) is 0.785. The van der Waals surface area contributed by atoms with Gasteiger partial charge in [-0.1, -0.05) is 41.9 Å². The third kappa shape index (κ3) is 5.73. The molecule has 0 bridgehead atoms. The maximum atomic E-state index is 13.2. The standard InChI is InChI=1S/C27H33ClN4O3/c28-22-6-7-25-24(18-22)32(16-17-35-25)27(34)31-14-8-21(9-15-31)26(33)29-23-10-12-30(13-11-23)19-20-4-2-1-3-5-20/h1-7,18,21,23H,8-17,19H2,(H,29,33). The fourth-order valence-electron chi connectivity index (χ4n) is 5.29. The first-order chi connectivity index (χ1) is 17.1. The Labute approximate surface area is 212 Å². The zero-order valence-electron chi connectivity index (χ0n) is 20.0. The second-order valence-electron chi connectivity index (χ2n) is 9.70. The van der Waals surface area contributed by atoms with Crippen molar-refractivity contribution in [2.75, 3.05) is 44.2 Å². The highest BCUT2D eigenvalue weighted by molar-refractivity contribution is 6.31. The zero-order valence-corrected chi connectivity index (χ0v) is 20.8. The highest BCUT2D eigenvalue weighted by Crippen LogP contribution is 2.35. The number of anilines is 1. The lowest BCUT2D eigenvalue weighted by Crippen LogP contribution is -2.51. The number of urea groups is 1. The lowest BCUT2D eigenvalue weighted by atomic mass is 9.94. The van der Waals surface area contributed by atoms with Crippen LogP contribution in [0.5, 0.6) is 5.75 Å². The minimum atomic E-state index is -0.0403. The van der Waals surface area contributed by atoms with E-state index in [2.05, 4.69) is 34.5 Å². The van der Waals surface area contributed by atoms with Gasteiger partial charge in [-0.2, -0.15) is 0 Å². The van der Waals surface area contributed by atoms with Crippen molar-refractivity contribution in [3.05, 3.63) is 59.1 Å². The van der Waals surface area contributed by atoms with Crippen molar-refractivity contribution in [3.8, 4) is 5.75 Å². The quantitative estimate of drug-likeness (QED) is 0.690. The summed E-state index contributed by atoms with van der Waals surface area (Å²) >= 11 is 6.16. The Balaban J connectivity index is 1.08. The number of rotatable bonds is 4. The van der Waals surface area contributed by atoms with Crippen LogP contribution in [0.15, 0.2) is 48.5 Å². The van der Waals surface area contributed by atoms with Crippen molar-refractivity contribution >= 4 is 29.2 Å². The lowest BCUT2D eigenvalue weighted by Gasteiger charge is -2.38. The molecule has 2 aromatic carbocycles. The Hall–Kier alpha value is -2.77. The lowest BCUT2D eigenvalue weighted by molar-refractivity contribution is -0.127. The summed E-state index contributed by atoms with van der Waals surface area (Å²) in [5.41, 5.74) is 2.05. The summed E-state index contributed by atoms with van der Waals surface area (Å²) in [6.45, 7) is 5.09. The van der Waals surface area contributed by atoms with Crippen LogP contribution >= 0.6 is 11.6 Å². The van der Waals surface area contributed by atoms with Crippen LogP contribution < -0.4 is 15.0 Å². The molecule has 2 fully saturated rings. The van der Waals surface area contributed by atoms with Crippen LogP contribution in [0.4, 0.5) is 10.5 Å². The fourth-order valence-corrected chi connectivity index (χ4v) is 5.46. The number of hydrogen-bond acceptors (Lipinski definition) is 4. The van der Waals surface area contributed by atoms with Crippen molar-refractivity contribution in [1.82, 2.24) is 15.1 Å². The SMILES string of the molecule is O=C(NC1CCN(Cc2ccccc2)CC1)C1CCN(C(=O)N2CCOc3ccc(Cl)cc32)CC1. The van der Waals surface area contributed by atoms with Crippen LogP contribution in [0.1, 0.15) is 31.2 Å². The molecule has 7 nitrogen and oxygen atoms in total. The highest BCUT2D eigenvalue weighted by atomic mass is 35.5. The van der Waals surface area contributed by atoms with Crippen LogP contribution in [0.3, 0.4) is 0 Å². The molecule has 3 aliphatic rings. The molecule has 0 radical (unpaired) electrons. The number of carbonyl (C=O) groups excluding carboxylic acids is 2. The Kier molecular flexibility index (Phi) is 7.44. The number of likely N-dealkylation sites (tertiary alicyclic amines) is 2. The normalized spacial score (nSPS) is 19.7. The van der Waals surface area contributed by atoms with E-state index in [4.69, 9.17) is 16.3 Å². The van der Waals surface area contributed by atoms with Crippen LogP contribution in [0.25, 0.3) is 0 Å². The molecule has 0 unspecified atom stereocenters. The van der Waals surface area contributed by atoms with Crippen LogP contribution in [0, 0.1) is 5.92 Å². The molecule has 8 heteroatoms. The van der Waals surface area contributed by atoms with E-state index in [1.165, 1.54) is 5.56 Å². The van der Waals surface area contributed by atoms with Crippen molar-refractivity contribution in [1.29, 1.82) is 0 Å². The topological polar surface area (TPSA) is 65.1 Å². The average molecular weight is 497 g/mol. The number of carbonyl (C=O) groups is 2. The molecule has 3 amide bonds. The summed E-state index contributed by atoms with van der Waals surface area (Å²) in [6, 6.07) is 16.1. The van der Waals surface area contributed by atoms with E-state index in [-0.39, 0.29) is 23.9 Å². The molecule has 1 N–H and O–H groups in total. The predicted octanol–water partition coefficient (Wildman–Crippen LogP) is 4.15. The Morgan fingerprint density at radius 2 is 1.69 bits per heavy atom. The Morgan fingerprint density at radius 3 is 2.43 bits per heavy atom. The molecule has 35 heavy (non-hydrogen) atoms. The molecular formula is C27H33ClN4O3. The molecule has 3 heterocycles. The Morgan fingerprint density at radius 1 is 0.943 bits per heavy atom. The van der Waals surface area contributed by atoms with Crippen molar-refractivity contribution in [3.63, 3.8) is 0 Å². The van der Waals surface area contributed by atoms with Crippen molar-refractivity contribution in [2.24, 2.45) is 5.92 Å². The summed E-state index contributed by atoms with van der Waals surface area (Å²) in [6.07, 6.45) is 3.35. The van der Waals surface area contributed by atoms with Gasteiger partial charge in [0.15, 0.2) is 0 Å². The van der Waals surface area contributed by atoms with Gasteiger partial charge >= 0.3 is 6.03 Å². The molecule has 0 aromatic heterocycles. The average Bonchev–Trinajstić information content (AvgIpc) is 2.90. The zero-order chi connectivity index (χ0) is 24.2. The van der Waals surface area contributed by atoms with E-state index < -0.39 is 0 Å². The molecular weight excluding hydrogens is 464 g/mol. The van der Waals surface area contributed by atoms with Gasteiger partial charge in [0.25, 0.3) is 0 Å². The maximum Gasteiger partial charge on any atom is 0.324 e. The number of nitrogens with one attached hydrogen (secondary N) is 1. The first-order valence-corrected chi connectivity index (χ1v) is 13.0. The number of hydrogen-bond donors (Lipinski definition) is 1. The summed E-state index contributed by atoms with van der Waals surface area (Å²) in [7, 11) is 0. The maximum absolute atomic E-state index is 13.2. The van der Waals surface area contributed by atoms with Gasteiger partial charge in [-0.25, -0.2) is 4.79 Å². The molecule has 2 aromatic rings. The van der Waals surface area contributed by atoms with Crippen LogP contribution in [-0.4, -0.2) is 67.1 Å². The van der Waals surface area contributed by atoms with Gasteiger partial charge in [-0.3, -0.25) is 14.6 Å². The number of piperidine rings is 2.